The van der Waals surface area contributed by atoms with Crippen molar-refractivity contribution in [3.63, 3.8) is 0 Å². The summed E-state index contributed by atoms with van der Waals surface area (Å²) in [5, 5.41) is 2.08. The van der Waals surface area contributed by atoms with Gasteiger partial charge in [-0.2, -0.15) is 4.98 Å². The van der Waals surface area contributed by atoms with Gasteiger partial charge in [0.15, 0.2) is 0 Å². The highest BCUT2D eigenvalue weighted by molar-refractivity contribution is 7.10. The Morgan fingerprint density at radius 3 is 2.56 bits per heavy atom. The van der Waals surface area contributed by atoms with Crippen molar-refractivity contribution in [3.05, 3.63) is 64.0 Å². The molecule has 0 bridgehead atoms. The van der Waals surface area contributed by atoms with E-state index in [9.17, 15) is 9.59 Å². The molecule has 1 amide bonds. The normalized spacial score (nSPS) is 14.1. The van der Waals surface area contributed by atoms with Crippen molar-refractivity contribution in [1.82, 2.24) is 14.9 Å². The van der Waals surface area contributed by atoms with Crippen LogP contribution in [-0.2, 0) is 20.9 Å². The van der Waals surface area contributed by atoms with Crippen LogP contribution in [0.2, 0.25) is 0 Å². The van der Waals surface area contributed by atoms with Crippen LogP contribution in [0.1, 0.15) is 54.1 Å². The second-order valence-corrected chi connectivity index (χ2v) is 11.9. The first-order valence-electron chi connectivity index (χ1n) is 13.5. The summed E-state index contributed by atoms with van der Waals surface area (Å²) in [5.41, 5.74) is 2.01. The second-order valence-electron chi connectivity index (χ2n) is 10.9. The largest absolute Gasteiger partial charge is 0.467 e. The molecule has 3 aromatic rings. The Labute approximate surface area is 246 Å². The minimum atomic E-state index is -0.318. The van der Waals surface area contributed by atoms with E-state index in [-0.39, 0.29) is 23.6 Å². The van der Waals surface area contributed by atoms with Gasteiger partial charge in [0.25, 0.3) is 12.4 Å². The zero-order valence-corrected chi connectivity index (χ0v) is 25.8. The molecule has 41 heavy (non-hydrogen) atoms. The first-order valence-corrected chi connectivity index (χ1v) is 14.3. The Balaban J connectivity index is 0.000000587. The van der Waals surface area contributed by atoms with Crippen LogP contribution < -0.4 is 14.5 Å². The highest BCUT2D eigenvalue weighted by atomic mass is 32.1. The van der Waals surface area contributed by atoms with Crippen LogP contribution in [0.4, 0.5) is 11.5 Å². The molecule has 0 saturated carbocycles. The Kier molecular flexibility index (Phi) is 11.6. The molecule has 10 nitrogen and oxygen atoms in total. The minimum Gasteiger partial charge on any atom is -0.467 e. The minimum absolute atomic E-state index is 0.0403. The Hall–Kier alpha value is -3.54. The number of likely N-dealkylation sites (N-methyl/N-ethyl adjacent to an activating group) is 1. The number of benzene rings is 1. The van der Waals surface area contributed by atoms with Gasteiger partial charge in [-0.25, -0.2) is 4.98 Å². The lowest BCUT2D eigenvalue weighted by molar-refractivity contribution is -0.138. The molecule has 0 fully saturated rings. The van der Waals surface area contributed by atoms with E-state index in [0.29, 0.717) is 37.5 Å². The zero-order chi connectivity index (χ0) is 30.0. The summed E-state index contributed by atoms with van der Waals surface area (Å²) in [6.07, 6.45) is 2.50. The molecule has 1 aliphatic heterocycles. The van der Waals surface area contributed by atoms with Crippen molar-refractivity contribution in [2.75, 3.05) is 57.7 Å². The maximum atomic E-state index is 13.4. The first-order chi connectivity index (χ1) is 19.5. The van der Waals surface area contributed by atoms with Crippen LogP contribution in [0.25, 0.3) is 0 Å². The maximum Gasteiger partial charge on any atom is 0.318 e. The average Bonchev–Trinajstić information content (AvgIpc) is 3.43. The van der Waals surface area contributed by atoms with Crippen molar-refractivity contribution in [2.45, 2.75) is 45.5 Å². The van der Waals surface area contributed by atoms with Crippen molar-refractivity contribution in [2.24, 2.45) is 0 Å². The van der Waals surface area contributed by atoms with E-state index in [4.69, 9.17) is 9.47 Å². The Bertz CT molecular complexity index is 1260. The molecule has 0 N–H and O–H groups in total. The number of methoxy groups -OCH3 is 1. The lowest BCUT2D eigenvalue weighted by Gasteiger charge is -2.22. The van der Waals surface area contributed by atoms with E-state index >= 15 is 0 Å². The summed E-state index contributed by atoms with van der Waals surface area (Å²) in [7, 11) is 7.59. The maximum absolute atomic E-state index is 13.4. The van der Waals surface area contributed by atoms with Crippen molar-refractivity contribution >= 4 is 35.2 Å². The summed E-state index contributed by atoms with van der Waals surface area (Å²) in [5.74, 6) is 0.459. The van der Waals surface area contributed by atoms with E-state index in [1.165, 1.54) is 12.0 Å². The van der Waals surface area contributed by atoms with Gasteiger partial charge in [0.1, 0.15) is 17.0 Å². The van der Waals surface area contributed by atoms with Gasteiger partial charge in [0.05, 0.1) is 19.8 Å². The number of anilines is 2. The molecule has 1 aliphatic rings. The van der Waals surface area contributed by atoms with Crippen molar-refractivity contribution in [3.8, 4) is 6.01 Å². The van der Waals surface area contributed by atoms with Crippen LogP contribution in [0.5, 0.6) is 6.01 Å². The van der Waals surface area contributed by atoms with Gasteiger partial charge in [-0.1, -0.05) is 18.2 Å². The van der Waals surface area contributed by atoms with Gasteiger partial charge in [-0.15, -0.1) is 11.3 Å². The van der Waals surface area contributed by atoms with Gasteiger partial charge in [0, 0.05) is 43.4 Å². The third kappa shape index (κ3) is 9.51. The number of thiophene rings is 1. The van der Waals surface area contributed by atoms with E-state index in [1.54, 1.807) is 22.4 Å². The van der Waals surface area contributed by atoms with Crippen molar-refractivity contribution < 1.29 is 23.8 Å². The van der Waals surface area contributed by atoms with Crippen LogP contribution in [0.3, 0.4) is 0 Å². The summed E-state index contributed by atoms with van der Waals surface area (Å²) in [6, 6.07) is 12.4. The monoisotopic (exact) mass is 583 g/mol. The van der Waals surface area contributed by atoms with E-state index in [0.717, 1.165) is 24.2 Å². The number of rotatable bonds is 10. The summed E-state index contributed by atoms with van der Waals surface area (Å²) < 4.78 is 16.0. The molecule has 1 unspecified atom stereocenters. The standard InChI is InChI=1S/C25H31N5O3S.C5H10O2/c1-28(2)11-10-21(22-9-6-14-34-22)33-17-18-7-5-8-19(15-18)30-13-12-29(3)23-20(24(30)31)16-26-25(27-23)32-4;1-5(2,3)7-4-6/h5-9,14-16,21H,10-13,17H2,1-4H3;4H,1-3H3. The van der Waals surface area contributed by atoms with Crippen LogP contribution in [-0.4, -0.2) is 80.7 Å². The number of aromatic nitrogens is 2. The smallest absolute Gasteiger partial charge is 0.318 e. The number of carbonyl (C=O) groups excluding carboxylic acids is 2. The molecule has 2 aromatic heterocycles. The SMILES string of the molecule is CC(C)(C)OC=O.COc1ncc2c(n1)N(C)CCN(c1cccc(COC(CCN(C)C)c3cccs3)c1)C2=O. The van der Waals surface area contributed by atoms with Crippen LogP contribution >= 0.6 is 11.3 Å². The molecular weight excluding hydrogens is 542 g/mol. The molecule has 222 valence electrons. The topological polar surface area (TPSA) is 97.3 Å². The lowest BCUT2D eigenvalue weighted by Crippen LogP contribution is -2.33. The lowest BCUT2D eigenvalue weighted by atomic mass is 10.1. The van der Waals surface area contributed by atoms with Gasteiger partial charge < -0.3 is 28.9 Å². The summed E-state index contributed by atoms with van der Waals surface area (Å²) in [6.45, 7) is 8.53. The molecule has 11 heteroatoms. The average molecular weight is 584 g/mol. The summed E-state index contributed by atoms with van der Waals surface area (Å²) >= 11 is 1.72. The number of fused-ring (bicyclic) bond motifs is 1. The predicted molar refractivity (Wildman–Crippen MR) is 162 cm³/mol. The third-order valence-electron chi connectivity index (χ3n) is 6.20. The summed E-state index contributed by atoms with van der Waals surface area (Å²) in [4.78, 5) is 38.7. The predicted octanol–water partition coefficient (Wildman–Crippen LogP) is 4.81. The highest BCUT2D eigenvalue weighted by Gasteiger charge is 2.28. The fourth-order valence-corrected chi connectivity index (χ4v) is 4.87. The fourth-order valence-electron chi connectivity index (χ4n) is 4.06. The molecule has 1 aromatic carbocycles. The number of amides is 1. The van der Waals surface area contributed by atoms with Gasteiger partial charge in [-0.3, -0.25) is 9.59 Å². The van der Waals surface area contributed by atoms with Gasteiger partial charge >= 0.3 is 6.01 Å². The number of ether oxygens (including phenoxy) is 3. The number of hydrogen-bond donors (Lipinski definition) is 0. The zero-order valence-electron chi connectivity index (χ0n) is 25.0. The number of hydrogen-bond acceptors (Lipinski definition) is 10. The first kappa shape index (κ1) is 32.0. The third-order valence-corrected chi connectivity index (χ3v) is 7.16. The Morgan fingerprint density at radius 2 is 1.95 bits per heavy atom. The van der Waals surface area contributed by atoms with E-state index < -0.39 is 0 Å². The van der Waals surface area contributed by atoms with E-state index in [1.807, 2.05) is 57.0 Å². The molecular formula is C30H41N5O5S. The quantitative estimate of drug-likeness (QED) is 0.312. The molecule has 0 radical (unpaired) electrons. The molecule has 1 atom stereocenters. The van der Waals surface area contributed by atoms with Gasteiger partial charge in [0.2, 0.25) is 0 Å². The second kappa shape index (κ2) is 14.9. The molecule has 4 rings (SSSR count). The number of nitrogens with zero attached hydrogens (tertiary/aromatic N) is 5. The van der Waals surface area contributed by atoms with Gasteiger partial charge in [-0.05, 0) is 70.4 Å². The molecule has 0 spiro atoms. The van der Waals surface area contributed by atoms with Crippen LogP contribution in [0, 0.1) is 0 Å². The molecule has 0 saturated heterocycles. The fraction of sp³-hybridized carbons (Fsp3) is 0.467. The highest BCUT2D eigenvalue weighted by Crippen LogP contribution is 2.29. The Morgan fingerprint density at radius 1 is 1.17 bits per heavy atom. The van der Waals surface area contributed by atoms with Crippen LogP contribution in [0.15, 0.2) is 48.0 Å². The van der Waals surface area contributed by atoms with Crippen molar-refractivity contribution in [1.29, 1.82) is 0 Å². The van der Waals surface area contributed by atoms with E-state index in [2.05, 4.69) is 51.2 Å². The molecule has 3 heterocycles. The molecule has 0 aliphatic carbocycles. The number of carbonyl (C=O) groups is 2.